The number of methoxy groups -OCH3 is 1. The summed E-state index contributed by atoms with van der Waals surface area (Å²) in [6.45, 7) is 0.436. The molecule has 1 amide bonds. The summed E-state index contributed by atoms with van der Waals surface area (Å²) in [6, 6.07) is 10.2. The van der Waals surface area contributed by atoms with Crippen LogP contribution in [-0.2, 0) is 30.9 Å². The van der Waals surface area contributed by atoms with Gasteiger partial charge in [-0.2, -0.15) is 18.3 Å². The van der Waals surface area contributed by atoms with Crippen molar-refractivity contribution in [2.24, 2.45) is 7.05 Å². The third-order valence-corrected chi connectivity index (χ3v) is 4.98. The molecular formula is C20H19F3N4O3. The number of amides is 1. The van der Waals surface area contributed by atoms with E-state index in [4.69, 9.17) is 9.15 Å². The number of benzene rings is 1. The molecule has 30 heavy (non-hydrogen) atoms. The third-order valence-electron chi connectivity index (χ3n) is 4.98. The molecule has 7 nitrogen and oxygen atoms in total. The molecule has 10 heteroatoms. The predicted molar refractivity (Wildman–Crippen MR) is 98.5 cm³/mol. The average Bonchev–Trinajstić information content (AvgIpc) is 3.31. The molecule has 4 rings (SSSR count). The van der Waals surface area contributed by atoms with Crippen molar-refractivity contribution in [1.29, 1.82) is 0 Å². The maximum atomic E-state index is 12.9. The first-order valence-electron chi connectivity index (χ1n) is 9.24. The average molecular weight is 420 g/mol. The van der Waals surface area contributed by atoms with E-state index in [9.17, 15) is 18.0 Å². The number of hydrogen-bond donors (Lipinski definition) is 0. The highest BCUT2D eigenvalue weighted by molar-refractivity contribution is 5.92. The van der Waals surface area contributed by atoms with Gasteiger partial charge in [0, 0.05) is 33.2 Å². The van der Waals surface area contributed by atoms with Crippen LogP contribution < -0.4 is 0 Å². The van der Waals surface area contributed by atoms with Crippen molar-refractivity contribution in [3.8, 4) is 0 Å². The number of aromatic nitrogens is 3. The smallest absolute Gasteiger partial charge is 0.435 e. The van der Waals surface area contributed by atoms with Crippen molar-refractivity contribution in [3.05, 3.63) is 70.7 Å². The van der Waals surface area contributed by atoms with Crippen LogP contribution in [0.1, 0.15) is 45.2 Å². The van der Waals surface area contributed by atoms with Crippen LogP contribution in [0.25, 0.3) is 0 Å². The van der Waals surface area contributed by atoms with Crippen LogP contribution >= 0.6 is 0 Å². The van der Waals surface area contributed by atoms with Crippen LogP contribution in [0, 0.1) is 0 Å². The van der Waals surface area contributed by atoms with E-state index in [0.29, 0.717) is 30.3 Å². The molecule has 1 aliphatic heterocycles. The number of rotatable bonds is 4. The fourth-order valence-corrected chi connectivity index (χ4v) is 3.48. The zero-order chi connectivity index (χ0) is 21.5. The maximum absolute atomic E-state index is 12.9. The number of carbonyl (C=O) groups is 1. The van der Waals surface area contributed by atoms with E-state index in [0.717, 1.165) is 16.3 Å². The number of carbonyl (C=O) groups excluding carboxylic acids is 1. The number of oxazole rings is 1. The van der Waals surface area contributed by atoms with Gasteiger partial charge in [-0.15, -0.1) is 0 Å². The van der Waals surface area contributed by atoms with Gasteiger partial charge in [-0.3, -0.25) is 9.48 Å². The summed E-state index contributed by atoms with van der Waals surface area (Å²) in [5, 5.41) is 3.41. The Kier molecular flexibility index (Phi) is 5.10. The van der Waals surface area contributed by atoms with Crippen LogP contribution in [-0.4, -0.2) is 39.2 Å². The van der Waals surface area contributed by atoms with Gasteiger partial charge < -0.3 is 14.1 Å². The highest BCUT2D eigenvalue weighted by Crippen LogP contribution is 2.31. The van der Waals surface area contributed by atoms with E-state index in [-0.39, 0.29) is 12.2 Å². The minimum Gasteiger partial charge on any atom is -0.442 e. The minimum atomic E-state index is -4.61. The maximum Gasteiger partial charge on any atom is 0.435 e. The van der Waals surface area contributed by atoms with Gasteiger partial charge in [-0.05, 0) is 5.56 Å². The van der Waals surface area contributed by atoms with Crippen LogP contribution in [0.2, 0.25) is 0 Å². The molecule has 0 bridgehead atoms. The highest BCUT2D eigenvalue weighted by atomic mass is 19.4. The lowest BCUT2D eigenvalue weighted by Gasteiger charge is -2.25. The highest BCUT2D eigenvalue weighted by Gasteiger charge is 2.37. The molecule has 0 saturated heterocycles. The lowest BCUT2D eigenvalue weighted by Crippen LogP contribution is -2.36. The van der Waals surface area contributed by atoms with Crippen molar-refractivity contribution >= 4 is 5.91 Å². The second-order valence-corrected chi connectivity index (χ2v) is 6.96. The number of aryl methyl sites for hydroxylation is 1. The van der Waals surface area contributed by atoms with E-state index in [1.54, 1.807) is 7.11 Å². The molecule has 0 N–H and O–H groups in total. The summed E-state index contributed by atoms with van der Waals surface area (Å²) in [5.74, 6) is 0.484. The second kappa shape index (κ2) is 7.60. The number of ether oxygens (including phenoxy) is 1. The van der Waals surface area contributed by atoms with E-state index in [1.807, 2.05) is 30.3 Å². The number of fused-ring (bicyclic) bond motifs is 1. The van der Waals surface area contributed by atoms with Crippen molar-refractivity contribution in [2.75, 3.05) is 13.7 Å². The van der Waals surface area contributed by atoms with Gasteiger partial charge in [0.1, 0.15) is 17.1 Å². The molecule has 1 unspecified atom stereocenters. The van der Waals surface area contributed by atoms with Gasteiger partial charge in [-0.25, -0.2) is 4.98 Å². The molecule has 0 aliphatic carbocycles. The zero-order valence-corrected chi connectivity index (χ0v) is 16.3. The molecule has 2 aromatic heterocycles. The number of alkyl halides is 3. The Morgan fingerprint density at radius 1 is 1.27 bits per heavy atom. The van der Waals surface area contributed by atoms with Crippen LogP contribution in [0.15, 0.2) is 40.8 Å². The predicted octanol–water partition coefficient (Wildman–Crippen LogP) is 3.36. The molecular weight excluding hydrogens is 401 g/mol. The van der Waals surface area contributed by atoms with Gasteiger partial charge in [0.05, 0.1) is 6.54 Å². The SMILES string of the molecule is COC(c1ccccc1)c1nc2c(o1)CCN(C(=O)c1cc(C(F)(F)F)nn1C)C2. The molecule has 0 radical (unpaired) electrons. The third kappa shape index (κ3) is 3.70. The fourth-order valence-electron chi connectivity index (χ4n) is 3.48. The van der Waals surface area contributed by atoms with E-state index < -0.39 is 23.9 Å². The first-order valence-corrected chi connectivity index (χ1v) is 9.24. The van der Waals surface area contributed by atoms with Crippen LogP contribution in [0.4, 0.5) is 13.2 Å². The Morgan fingerprint density at radius 2 is 2.00 bits per heavy atom. The Bertz CT molecular complexity index is 1060. The van der Waals surface area contributed by atoms with E-state index in [2.05, 4.69) is 10.1 Å². The van der Waals surface area contributed by atoms with Crippen molar-refractivity contribution in [3.63, 3.8) is 0 Å². The number of halogens is 3. The molecule has 3 aromatic rings. The summed E-state index contributed by atoms with van der Waals surface area (Å²) >= 11 is 0. The van der Waals surface area contributed by atoms with Gasteiger partial charge in [0.15, 0.2) is 11.8 Å². The zero-order valence-electron chi connectivity index (χ0n) is 16.3. The molecule has 1 atom stereocenters. The number of nitrogens with zero attached hydrogens (tertiary/aromatic N) is 4. The molecule has 1 aromatic carbocycles. The topological polar surface area (TPSA) is 73.4 Å². The fraction of sp³-hybridized carbons (Fsp3) is 0.350. The largest absolute Gasteiger partial charge is 0.442 e. The molecule has 158 valence electrons. The molecule has 0 saturated carbocycles. The van der Waals surface area contributed by atoms with Gasteiger partial charge in [0.2, 0.25) is 5.89 Å². The lowest BCUT2D eigenvalue weighted by molar-refractivity contribution is -0.141. The Labute approximate surface area is 170 Å². The number of hydrogen-bond acceptors (Lipinski definition) is 5. The summed E-state index contributed by atoms with van der Waals surface area (Å²) in [5.41, 5.74) is 0.219. The Balaban J connectivity index is 1.56. The summed E-state index contributed by atoms with van der Waals surface area (Å²) in [7, 11) is 2.87. The van der Waals surface area contributed by atoms with Crippen LogP contribution in [0.3, 0.4) is 0 Å². The van der Waals surface area contributed by atoms with Crippen LogP contribution in [0.5, 0.6) is 0 Å². The Morgan fingerprint density at radius 3 is 2.63 bits per heavy atom. The van der Waals surface area contributed by atoms with Crippen molar-refractivity contribution in [1.82, 2.24) is 19.7 Å². The van der Waals surface area contributed by atoms with Crippen molar-refractivity contribution in [2.45, 2.75) is 25.2 Å². The lowest BCUT2D eigenvalue weighted by atomic mass is 10.1. The minimum absolute atomic E-state index is 0.131. The summed E-state index contributed by atoms with van der Waals surface area (Å²) in [6.07, 6.45) is -4.70. The normalized spacial score (nSPS) is 15.2. The first kappa shape index (κ1) is 20.1. The van der Waals surface area contributed by atoms with Gasteiger partial charge >= 0.3 is 6.18 Å². The molecule has 0 spiro atoms. The molecule has 0 fully saturated rings. The summed E-state index contributed by atoms with van der Waals surface area (Å²) in [4.78, 5) is 18.7. The standard InChI is InChI=1S/C20H19F3N4O3/c1-26-14(10-16(25-26)20(21,22)23)19(28)27-9-8-15-13(11-27)24-18(30-15)17(29-2)12-6-4-3-5-7-12/h3-7,10,17H,8-9,11H2,1-2H3. The first-order chi connectivity index (χ1) is 14.3. The molecule has 3 heterocycles. The second-order valence-electron chi connectivity index (χ2n) is 6.96. The van der Waals surface area contributed by atoms with E-state index in [1.165, 1.54) is 11.9 Å². The van der Waals surface area contributed by atoms with Gasteiger partial charge in [0.25, 0.3) is 5.91 Å². The van der Waals surface area contributed by atoms with Gasteiger partial charge in [-0.1, -0.05) is 30.3 Å². The quantitative estimate of drug-likeness (QED) is 0.647. The monoisotopic (exact) mass is 420 g/mol. The molecule has 1 aliphatic rings. The Hall–Kier alpha value is -3.14. The van der Waals surface area contributed by atoms with Crippen molar-refractivity contribution < 1.29 is 27.1 Å². The summed E-state index contributed by atoms with van der Waals surface area (Å²) < 4.78 is 51.1. The van der Waals surface area contributed by atoms with E-state index >= 15 is 0 Å².